The van der Waals surface area contributed by atoms with Gasteiger partial charge in [0.15, 0.2) is 0 Å². The zero-order valence-corrected chi connectivity index (χ0v) is 15.4. The molecule has 1 aromatic carbocycles. The van der Waals surface area contributed by atoms with Crippen molar-refractivity contribution in [3.05, 3.63) is 52.8 Å². The number of hydrogen-bond donors (Lipinski definition) is 2. The van der Waals surface area contributed by atoms with E-state index in [1.54, 1.807) is 11.1 Å². The fourth-order valence-electron chi connectivity index (χ4n) is 3.57. The topological polar surface area (TPSA) is 132 Å². The normalized spacial score (nSPS) is 17.4. The molecule has 0 saturated carbocycles. The number of rotatable bonds is 2. The van der Waals surface area contributed by atoms with Crippen LogP contribution in [0, 0.1) is 0 Å². The highest BCUT2D eigenvalue weighted by molar-refractivity contribution is 6.02. The minimum Gasteiger partial charge on any atom is -0.325 e. The van der Waals surface area contributed by atoms with Crippen molar-refractivity contribution < 1.29 is 9.59 Å². The van der Waals surface area contributed by atoms with Crippen molar-refractivity contribution in [2.75, 3.05) is 18.0 Å². The first-order valence-electron chi connectivity index (χ1n) is 8.98. The highest BCUT2D eigenvalue weighted by Crippen LogP contribution is 2.24. The molecule has 4 aromatic rings. The molecule has 29 heavy (non-hydrogen) atoms. The van der Waals surface area contributed by atoms with Crippen LogP contribution < -0.4 is 10.5 Å². The lowest BCUT2D eigenvalue weighted by Crippen LogP contribution is -2.57. The van der Waals surface area contributed by atoms with Crippen LogP contribution in [-0.4, -0.2) is 65.6 Å². The summed E-state index contributed by atoms with van der Waals surface area (Å²) < 4.78 is 1.09. The van der Waals surface area contributed by atoms with Crippen LogP contribution in [0.4, 0.5) is 5.69 Å². The summed E-state index contributed by atoms with van der Waals surface area (Å²) in [6.45, 7) is 2.02. The lowest BCUT2D eigenvalue weighted by molar-refractivity contribution is -0.121. The number of H-pyrrole nitrogens is 2. The average Bonchev–Trinajstić information content (AvgIpc) is 3.38. The Morgan fingerprint density at radius 3 is 2.93 bits per heavy atom. The maximum atomic E-state index is 13.0. The molecule has 1 unspecified atom stereocenters. The number of aromatic amines is 2. The fourth-order valence-corrected chi connectivity index (χ4v) is 3.57. The minimum absolute atomic E-state index is 0.112. The predicted octanol–water partition coefficient (Wildman–Crippen LogP) is 0.171. The Morgan fingerprint density at radius 2 is 2.07 bits per heavy atom. The first-order chi connectivity index (χ1) is 14.0. The number of hydrogen-bond acceptors (Lipinski definition) is 6. The maximum absolute atomic E-state index is 13.0. The van der Waals surface area contributed by atoms with Gasteiger partial charge in [0, 0.05) is 29.9 Å². The van der Waals surface area contributed by atoms with Crippen LogP contribution in [0.5, 0.6) is 0 Å². The smallest absolute Gasteiger partial charge is 0.286 e. The van der Waals surface area contributed by atoms with Gasteiger partial charge in [0.05, 0.1) is 11.7 Å². The summed E-state index contributed by atoms with van der Waals surface area (Å²) in [5.41, 5.74) is 0.891. The quantitative estimate of drug-likeness (QED) is 0.500. The standard InChI is InChI=1S/C18H16N8O3/c1-10-7-25(12-3-2-11-5-21-23-14(11)4-12)15(27)8-24(10)16(28)13-6-19-18-20-9-22-26(18)17(13)29/h2-6,9-10H,7-8H2,1H3,(H,21,23)(H,19,20,22). The summed E-state index contributed by atoms with van der Waals surface area (Å²) in [6, 6.07) is 5.30. The number of piperazine rings is 1. The summed E-state index contributed by atoms with van der Waals surface area (Å²) in [5, 5.41) is 10.5. The molecule has 11 nitrogen and oxygen atoms in total. The molecule has 146 valence electrons. The van der Waals surface area contributed by atoms with E-state index in [0.717, 1.165) is 21.1 Å². The largest absolute Gasteiger partial charge is 0.325 e. The van der Waals surface area contributed by atoms with E-state index >= 15 is 0 Å². The highest BCUT2D eigenvalue weighted by Gasteiger charge is 2.35. The third-order valence-corrected chi connectivity index (χ3v) is 5.12. The molecule has 0 radical (unpaired) electrons. The second kappa shape index (κ2) is 6.26. The van der Waals surface area contributed by atoms with E-state index in [2.05, 4.69) is 25.3 Å². The van der Waals surface area contributed by atoms with Crippen molar-refractivity contribution >= 4 is 34.2 Å². The second-order valence-corrected chi connectivity index (χ2v) is 6.93. The third kappa shape index (κ3) is 2.66. The molecule has 2 amide bonds. The molecule has 5 rings (SSSR count). The van der Waals surface area contributed by atoms with Crippen molar-refractivity contribution in [3.63, 3.8) is 0 Å². The minimum atomic E-state index is -0.552. The van der Waals surface area contributed by atoms with Crippen molar-refractivity contribution in [3.8, 4) is 0 Å². The van der Waals surface area contributed by atoms with Crippen LogP contribution in [0.3, 0.4) is 0 Å². The molecule has 11 heteroatoms. The van der Waals surface area contributed by atoms with E-state index in [1.807, 2.05) is 25.1 Å². The Balaban J connectivity index is 1.43. The van der Waals surface area contributed by atoms with Gasteiger partial charge in [-0.2, -0.15) is 9.61 Å². The Morgan fingerprint density at radius 1 is 1.21 bits per heavy atom. The average molecular weight is 392 g/mol. The monoisotopic (exact) mass is 392 g/mol. The van der Waals surface area contributed by atoms with Gasteiger partial charge in [0.25, 0.3) is 17.2 Å². The number of nitrogens with zero attached hydrogens (tertiary/aromatic N) is 6. The molecule has 4 heterocycles. The lowest BCUT2D eigenvalue weighted by Gasteiger charge is -2.39. The molecule has 2 N–H and O–H groups in total. The summed E-state index contributed by atoms with van der Waals surface area (Å²) in [4.78, 5) is 49.3. The number of amides is 2. The van der Waals surface area contributed by atoms with E-state index in [9.17, 15) is 14.4 Å². The molecule has 0 bridgehead atoms. The molecule has 1 fully saturated rings. The van der Waals surface area contributed by atoms with E-state index < -0.39 is 11.5 Å². The number of aromatic nitrogens is 6. The number of carbonyl (C=O) groups excluding carboxylic acids is 2. The van der Waals surface area contributed by atoms with Crippen molar-refractivity contribution in [1.82, 2.24) is 34.7 Å². The van der Waals surface area contributed by atoms with Gasteiger partial charge in [-0.1, -0.05) is 0 Å². The Kier molecular flexibility index (Phi) is 3.69. The highest BCUT2D eigenvalue weighted by atomic mass is 16.2. The summed E-state index contributed by atoms with van der Waals surface area (Å²) in [7, 11) is 0. The summed E-state index contributed by atoms with van der Waals surface area (Å²) in [5.74, 6) is -0.586. The maximum Gasteiger partial charge on any atom is 0.286 e. The Bertz CT molecular complexity index is 1320. The summed E-state index contributed by atoms with van der Waals surface area (Å²) >= 11 is 0. The molecule has 3 aromatic heterocycles. The molecule has 0 aliphatic carbocycles. The first-order valence-corrected chi connectivity index (χ1v) is 8.98. The first kappa shape index (κ1) is 17.1. The van der Waals surface area contributed by atoms with Crippen molar-refractivity contribution in [1.29, 1.82) is 0 Å². The zero-order chi connectivity index (χ0) is 20.1. The Hall–Kier alpha value is -4.02. The van der Waals surface area contributed by atoms with E-state index in [0.29, 0.717) is 6.54 Å². The zero-order valence-electron chi connectivity index (χ0n) is 15.4. The van der Waals surface area contributed by atoms with Gasteiger partial charge in [-0.05, 0) is 25.1 Å². The van der Waals surface area contributed by atoms with Gasteiger partial charge < -0.3 is 9.80 Å². The van der Waals surface area contributed by atoms with Crippen molar-refractivity contribution in [2.24, 2.45) is 0 Å². The van der Waals surface area contributed by atoms with Gasteiger partial charge in [-0.15, -0.1) is 0 Å². The van der Waals surface area contributed by atoms with Crippen LogP contribution in [0.2, 0.25) is 0 Å². The second-order valence-electron chi connectivity index (χ2n) is 6.93. The number of anilines is 1. The molecule has 1 saturated heterocycles. The number of fused-ring (bicyclic) bond motifs is 2. The van der Waals surface area contributed by atoms with Gasteiger partial charge >= 0.3 is 0 Å². The summed E-state index contributed by atoms with van der Waals surface area (Å²) in [6.07, 6.45) is 4.24. The molecular weight excluding hydrogens is 376 g/mol. The molecule has 1 aliphatic rings. The molecular formula is C18H16N8O3. The van der Waals surface area contributed by atoms with Crippen LogP contribution in [0.15, 0.2) is 41.7 Å². The van der Waals surface area contributed by atoms with Gasteiger partial charge in [-0.3, -0.25) is 24.6 Å². The van der Waals surface area contributed by atoms with Crippen LogP contribution in [0.1, 0.15) is 17.3 Å². The van der Waals surface area contributed by atoms with Crippen LogP contribution >= 0.6 is 0 Å². The Labute approximate surface area is 163 Å². The van der Waals surface area contributed by atoms with Crippen molar-refractivity contribution in [2.45, 2.75) is 13.0 Å². The third-order valence-electron chi connectivity index (χ3n) is 5.12. The predicted molar refractivity (Wildman–Crippen MR) is 103 cm³/mol. The fraction of sp³-hybridized carbons (Fsp3) is 0.222. The van der Waals surface area contributed by atoms with E-state index in [4.69, 9.17) is 0 Å². The number of nitrogens with one attached hydrogen (secondary N) is 2. The van der Waals surface area contributed by atoms with Gasteiger partial charge in [0.1, 0.15) is 18.4 Å². The van der Waals surface area contributed by atoms with E-state index in [1.165, 1.54) is 17.4 Å². The SMILES string of the molecule is CC1CN(c2ccc3cn[nH]c3c2)C(=O)CN1C(=O)c1cnc2nc[nH]n2c1=O. The molecule has 1 aliphatic heterocycles. The van der Waals surface area contributed by atoms with E-state index in [-0.39, 0.29) is 29.8 Å². The van der Waals surface area contributed by atoms with Crippen LogP contribution in [0.25, 0.3) is 16.7 Å². The number of benzene rings is 1. The van der Waals surface area contributed by atoms with Gasteiger partial charge in [0.2, 0.25) is 5.91 Å². The molecule has 0 spiro atoms. The lowest BCUT2D eigenvalue weighted by atomic mass is 10.1. The van der Waals surface area contributed by atoms with Crippen LogP contribution in [-0.2, 0) is 4.79 Å². The molecule has 1 atom stereocenters. The van der Waals surface area contributed by atoms with Gasteiger partial charge in [-0.25, -0.2) is 9.97 Å². The number of carbonyl (C=O) groups is 2.